The molecule has 0 aromatic heterocycles. The monoisotopic (exact) mass is 434 g/mol. The number of carbonyl (C=O) groups excluding carboxylic acids is 1. The Morgan fingerprint density at radius 3 is 2.12 bits per heavy atom. The highest BCUT2D eigenvalue weighted by molar-refractivity contribution is 6.02. The summed E-state index contributed by atoms with van der Waals surface area (Å²) in [7, 11) is 0. The summed E-state index contributed by atoms with van der Waals surface area (Å²) in [4.78, 5) is 11.9. The molecule has 2 aromatic rings. The number of aliphatic hydroxyl groups excluding tert-OH is 1. The molecule has 6 heteroatoms. The number of ether oxygens (including phenoxy) is 4. The van der Waals surface area contributed by atoms with Crippen molar-refractivity contribution in [3.63, 3.8) is 0 Å². The lowest BCUT2D eigenvalue weighted by Crippen LogP contribution is -2.34. The zero-order chi connectivity index (χ0) is 21.9. The third-order valence-electron chi connectivity index (χ3n) is 5.89. The van der Waals surface area contributed by atoms with E-state index in [1.54, 1.807) is 0 Å². The standard InChI is InChI=1S/C13H14O3.C13H12O3/c2*14-12-10(6-9-4-2-1-3-5-9)7-11-8-15-13(12)16-11/h1-6,11-14H,7-8H2;1-6,11,13H,7-8H2/b2*10-6+/t11-,12-,13+;11-,13+/m00/s1. The number of rotatable bonds is 2. The first-order valence-corrected chi connectivity index (χ1v) is 10.9. The summed E-state index contributed by atoms with van der Waals surface area (Å²) in [6, 6.07) is 19.9. The molecule has 4 aliphatic heterocycles. The number of aliphatic hydroxyl groups is 1. The third kappa shape index (κ3) is 4.75. The van der Waals surface area contributed by atoms with E-state index in [9.17, 15) is 9.90 Å². The fourth-order valence-corrected chi connectivity index (χ4v) is 4.28. The van der Waals surface area contributed by atoms with Gasteiger partial charge < -0.3 is 24.1 Å². The second-order valence-electron chi connectivity index (χ2n) is 8.31. The Hall–Kier alpha value is -2.61. The topological polar surface area (TPSA) is 74.2 Å². The molecule has 2 aromatic carbocycles. The Morgan fingerprint density at radius 1 is 0.781 bits per heavy atom. The smallest absolute Gasteiger partial charge is 0.222 e. The average molecular weight is 434 g/mol. The van der Waals surface area contributed by atoms with Crippen LogP contribution in [-0.2, 0) is 23.7 Å². The number of hydrogen-bond acceptors (Lipinski definition) is 6. The van der Waals surface area contributed by atoms with Crippen LogP contribution in [0.2, 0.25) is 0 Å². The van der Waals surface area contributed by atoms with E-state index in [4.69, 9.17) is 18.9 Å². The van der Waals surface area contributed by atoms with Crippen molar-refractivity contribution >= 4 is 17.9 Å². The molecular weight excluding hydrogens is 408 g/mol. The van der Waals surface area contributed by atoms with Gasteiger partial charge in [-0.1, -0.05) is 66.7 Å². The van der Waals surface area contributed by atoms with E-state index in [0.29, 0.717) is 19.6 Å². The molecule has 0 aliphatic carbocycles. The molecule has 4 heterocycles. The van der Waals surface area contributed by atoms with E-state index in [1.165, 1.54) is 0 Å². The highest BCUT2D eigenvalue weighted by Crippen LogP contribution is 2.32. The maximum absolute atomic E-state index is 11.9. The summed E-state index contributed by atoms with van der Waals surface area (Å²) in [6.45, 7) is 1.12. The Labute approximate surface area is 187 Å². The Morgan fingerprint density at radius 2 is 1.41 bits per heavy atom. The van der Waals surface area contributed by atoms with Gasteiger partial charge >= 0.3 is 0 Å². The zero-order valence-corrected chi connectivity index (χ0v) is 17.6. The summed E-state index contributed by atoms with van der Waals surface area (Å²) in [5, 5.41) is 10.00. The molecule has 4 fully saturated rings. The van der Waals surface area contributed by atoms with E-state index in [1.807, 2.05) is 72.8 Å². The summed E-state index contributed by atoms with van der Waals surface area (Å²) in [5.41, 5.74) is 3.97. The molecule has 4 bridgehead atoms. The van der Waals surface area contributed by atoms with Crippen LogP contribution in [-0.4, -0.2) is 55.0 Å². The minimum atomic E-state index is -0.659. The van der Waals surface area contributed by atoms with Crippen molar-refractivity contribution in [3.05, 3.63) is 82.9 Å². The molecule has 4 aliphatic rings. The van der Waals surface area contributed by atoms with E-state index in [2.05, 4.69) is 0 Å². The first-order chi connectivity index (χ1) is 15.7. The van der Waals surface area contributed by atoms with Gasteiger partial charge in [0, 0.05) is 12.0 Å². The van der Waals surface area contributed by atoms with Crippen LogP contribution in [0, 0.1) is 0 Å². The summed E-state index contributed by atoms with van der Waals surface area (Å²) in [6.07, 6.45) is 3.79. The Balaban J connectivity index is 0.000000135. The van der Waals surface area contributed by atoms with Gasteiger partial charge in [-0.25, -0.2) is 0 Å². The van der Waals surface area contributed by atoms with E-state index in [-0.39, 0.29) is 18.0 Å². The third-order valence-corrected chi connectivity index (χ3v) is 5.89. The quantitative estimate of drug-likeness (QED) is 0.731. The van der Waals surface area contributed by atoms with Gasteiger partial charge in [-0.3, -0.25) is 4.79 Å². The van der Waals surface area contributed by atoms with Crippen LogP contribution in [0.3, 0.4) is 0 Å². The Bertz CT molecular complexity index is 999. The number of fused-ring (bicyclic) bond motifs is 4. The highest BCUT2D eigenvalue weighted by atomic mass is 16.7. The normalized spacial score (nSPS) is 33.3. The predicted molar refractivity (Wildman–Crippen MR) is 118 cm³/mol. The van der Waals surface area contributed by atoms with Crippen molar-refractivity contribution < 1.29 is 28.8 Å². The van der Waals surface area contributed by atoms with Gasteiger partial charge in [0.15, 0.2) is 6.29 Å². The van der Waals surface area contributed by atoms with Crippen LogP contribution in [0.15, 0.2) is 71.8 Å². The number of hydrogen-bond donors (Lipinski definition) is 1. The van der Waals surface area contributed by atoms with Crippen molar-refractivity contribution in [1.29, 1.82) is 0 Å². The summed E-state index contributed by atoms with van der Waals surface area (Å²) >= 11 is 0. The van der Waals surface area contributed by atoms with Crippen LogP contribution < -0.4 is 0 Å². The van der Waals surface area contributed by atoms with Crippen LogP contribution in [0.25, 0.3) is 12.2 Å². The average Bonchev–Trinajstić information content (AvgIpc) is 3.43. The highest BCUT2D eigenvalue weighted by Gasteiger charge is 2.40. The molecule has 32 heavy (non-hydrogen) atoms. The molecule has 4 saturated heterocycles. The van der Waals surface area contributed by atoms with Crippen LogP contribution in [0.1, 0.15) is 24.0 Å². The molecule has 166 valence electrons. The van der Waals surface area contributed by atoms with Gasteiger partial charge in [-0.15, -0.1) is 0 Å². The van der Waals surface area contributed by atoms with E-state index in [0.717, 1.165) is 28.7 Å². The maximum atomic E-state index is 11.9. The number of Topliss-reactive ketones (excluding diaryl/α,β-unsaturated/α-hetero) is 1. The zero-order valence-electron chi connectivity index (χ0n) is 17.6. The van der Waals surface area contributed by atoms with Gasteiger partial charge in [-0.05, 0) is 29.2 Å². The number of benzene rings is 2. The molecule has 5 atom stereocenters. The molecular formula is C26H26O6. The summed E-state index contributed by atoms with van der Waals surface area (Å²) in [5.74, 6) is -0.0300. The minimum absolute atomic E-state index is 0.0300. The predicted octanol–water partition coefficient (Wildman–Crippen LogP) is 3.36. The molecule has 0 spiro atoms. The largest absolute Gasteiger partial charge is 0.383 e. The molecule has 1 N–H and O–H groups in total. The van der Waals surface area contributed by atoms with Gasteiger partial charge in [0.1, 0.15) is 6.10 Å². The molecule has 0 saturated carbocycles. The van der Waals surface area contributed by atoms with Crippen molar-refractivity contribution in [3.8, 4) is 0 Å². The number of carbonyl (C=O) groups is 1. The fourth-order valence-electron chi connectivity index (χ4n) is 4.28. The second-order valence-corrected chi connectivity index (χ2v) is 8.31. The minimum Gasteiger partial charge on any atom is -0.383 e. The van der Waals surface area contributed by atoms with Crippen molar-refractivity contribution in [2.45, 2.75) is 43.7 Å². The van der Waals surface area contributed by atoms with Gasteiger partial charge in [0.05, 0.1) is 25.4 Å². The van der Waals surface area contributed by atoms with Crippen molar-refractivity contribution in [1.82, 2.24) is 0 Å². The van der Waals surface area contributed by atoms with Gasteiger partial charge in [-0.2, -0.15) is 0 Å². The first-order valence-electron chi connectivity index (χ1n) is 10.9. The van der Waals surface area contributed by atoms with Gasteiger partial charge in [0.25, 0.3) is 0 Å². The molecule has 0 radical (unpaired) electrons. The van der Waals surface area contributed by atoms with E-state index >= 15 is 0 Å². The summed E-state index contributed by atoms with van der Waals surface area (Å²) < 4.78 is 21.4. The second kappa shape index (κ2) is 9.48. The van der Waals surface area contributed by atoms with Gasteiger partial charge in [0.2, 0.25) is 12.1 Å². The first kappa shape index (κ1) is 21.2. The van der Waals surface area contributed by atoms with Crippen LogP contribution in [0.5, 0.6) is 0 Å². The lowest BCUT2D eigenvalue weighted by molar-refractivity contribution is -0.146. The fraction of sp³-hybridized carbons (Fsp3) is 0.346. The van der Waals surface area contributed by atoms with Crippen LogP contribution >= 0.6 is 0 Å². The van der Waals surface area contributed by atoms with Crippen molar-refractivity contribution in [2.75, 3.05) is 13.2 Å². The lowest BCUT2D eigenvalue weighted by atomic mass is 9.98. The number of ketones is 1. The van der Waals surface area contributed by atoms with Crippen LogP contribution in [0.4, 0.5) is 0 Å². The lowest BCUT2D eigenvalue weighted by Gasteiger charge is -2.26. The van der Waals surface area contributed by atoms with Crippen molar-refractivity contribution in [2.24, 2.45) is 0 Å². The molecule has 0 amide bonds. The molecule has 6 nitrogen and oxygen atoms in total. The maximum Gasteiger partial charge on any atom is 0.222 e. The Kier molecular flexibility index (Phi) is 6.30. The molecule has 6 rings (SSSR count). The SMILES string of the molecule is O=C1/C(=C/c2ccccc2)C[C@H]2CO[C@@H]1O2.O[C@H]1/C(=C/c2ccccc2)C[C@H]2CO[C@@H]1O2. The van der Waals surface area contributed by atoms with E-state index < -0.39 is 18.7 Å². The molecule has 0 unspecified atom stereocenters.